The van der Waals surface area contributed by atoms with Crippen LogP contribution in [0.5, 0.6) is 0 Å². The van der Waals surface area contributed by atoms with Crippen molar-refractivity contribution >= 4 is 23.8 Å². The lowest BCUT2D eigenvalue weighted by atomic mass is 9.81. The lowest BCUT2D eigenvalue weighted by Gasteiger charge is -2.24. The Morgan fingerprint density at radius 2 is 1.63 bits per heavy atom. The Morgan fingerprint density at radius 3 is 2.00 bits per heavy atom. The minimum absolute atomic E-state index is 0.473. The highest BCUT2D eigenvalue weighted by atomic mass is 16.6. The average Bonchev–Trinajstić information content (AvgIpc) is 2.35. The van der Waals surface area contributed by atoms with E-state index in [-0.39, 0.29) is 0 Å². The molecule has 0 aliphatic rings. The van der Waals surface area contributed by atoms with E-state index in [9.17, 15) is 19.2 Å². The number of hydrogen-bond donors (Lipinski definition) is 0. The van der Waals surface area contributed by atoms with Gasteiger partial charge in [-0.1, -0.05) is 6.92 Å². The smallest absolute Gasteiger partial charge is 0.375 e. The predicted octanol–water partition coefficient (Wildman–Crippen LogP) is 1.72. The lowest BCUT2D eigenvalue weighted by Crippen LogP contribution is -2.40. The number of Topliss-reactive ketones (excluding diaryl/α,β-unsaturated/α-hetero) is 2. The summed E-state index contributed by atoms with van der Waals surface area (Å²) in [7, 11) is 0. The molecule has 0 heterocycles. The molecule has 0 saturated carbocycles. The molecule has 0 bridgehead atoms. The van der Waals surface area contributed by atoms with Crippen LogP contribution < -0.4 is 0 Å². The summed E-state index contributed by atoms with van der Waals surface area (Å²) in [6.45, 7) is 9.32. The van der Waals surface area contributed by atoms with E-state index < -0.39 is 34.5 Å². The number of esters is 1. The summed E-state index contributed by atoms with van der Waals surface area (Å²) in [5.41, 5.74) is -2.04. The molecule has 5 nitrogen and oxygen atoms in total. The molecular weight excluding hydrogens is 248 g/mol. The normalized spacial score (nSPS) is 13.6. The molecule has 0 aromatic rings. The van der Waals surface area contributed by atoms with Gasteiger partial charge in [-0.25, -0.2) is 4.79 Å². The van der Waals surface area contributed by atoms with Crippen LogP contribution in [0.15, 0.2) is 0 Å². The summed E-state index contributed by atoms with van der Waals surface area (Å²) in [5.74, 6) is -3.71. The van der Waals surface area contributed by atoms with Gasteiger partial charge in [0.25, 0.3) is 0 Å². The van der Waals surface area contributed by atoms with Gasteiger partial charge in [0.15, 0.2) is 5.78 Å². The monoisotopic (exact) mass is 270 g/mol. The zero-order chi connectivity index (χ0) is 15.4. The van der Waals surface area contributed by atoms with E-state index in [1.165, 1.54) is 20.8 Å². The number of rotatable bonds is 7. The summed E-state index contributed by atoms with van der Waals surface area (Å²) in [5, 5.41) is 0. The number of aldehydes is 1. The molecule has 5 heteroatoms. The van der Waals surface area contributed by atoms with Crippen LogP contribution in [-0.2, 0) is 23.9 Å². The van der Waals surface area contributed by atoms with E-state index in [0.717, 1.165) is 0 Å². The molecule has 0 N–H and O–H groups in total. The Labute approximate surface area is 113 Å². The van der Waals surface area contributed by atoms with Gasteiger partial charge in [-0.2, -0.15) is 0 Å². The molecule has 0 aliphatic carbocycles. The SMILES string of the molecule is CCC(C)(C)OC(=O)C(=O)C(C)C(=O)C(C)(C)C=O. The van der Waals surface area contributed by atoms with Gasteiger partial charge < -0.3 is 9.53 Å². The molecule has 108 valence electrons. The van der Waals surface area contributed by atoms with E-state index in [1.807, 2.05) is 6.92 Å². The second-order valence-corrected chi connectivity index (χ2v) is 5.79. The number of hydrogen-bond acceptors (Lipinski definition) is 5. The summed E-state index contributed by atoms with van der Waals surface area (Å²) in [6.07, 6.45) is 1.02. The molecule has 0 fully saturated rings. The summed E-state index contributed by atoms with van der Waals surface area (Å²) in [4.78, 5) is 46.2. The number of ketones is 2. The van der Waals surface area contributed by atoms with Crippen LogP contribution in [-0.4, -0.2) is 29.4 Å². The molecule has 1 unspecified atom stereocenters. The molecule has 1 atom stereocenters. The fourth-order valence-corrected chi connectivity index (χ4v) is 1.29. The first-order valence-electron chi connectivity index (χ1n) is 6.26. The minimum atomic E-state index is -1.28. The maximum Gasteiger partial charge on any atom is 0.375 e. The Bertz CT molecular complexity index is 393. The van der Waals surface area contributed by atoms with Crippen molar-refractivity contribution in [2.24, 2.45) is 11.3 Å². The molecule has 0 radical (unpaired) electrons. The molecule has 19 heavy (non-hydrogen) atoms. The van der Waals surface area contributed by atoms with Crippen LogP contribution >= 0.6 is 0 Å². The van der Waals surface area contributed by atoms with Crippen molar-refractivity contribution in [3.05, 3.63) is 0 Å². The molecule has 0 aromatic heterocycles. The first-order valence-corrected chi connectivity index (χ1v) is 6.26. The Balaban J connectivity index is 4.89. The van der Waals surface area contributed by atoms with Crippen molar-refractivity contribution in [2.45, 2.75) is 53.6 Å². The summed E-state index contributed by atoms with van der Waals surface area (Å²) in [6, 6.07) is 0. The van der Waals surface area contributed by atoms with Crippen molar-refractivity contribution in [2.75, 3.05) is 0 Å². The molecule has 0 saturated heterocycles. The van der Waals surface area contributed by atoms with E-state index in [4.69, 9.17) is 4.74 Å². The molecule has 0 amide bonds. The van der Waals surface area contributed by atoms with Crippen molar-refractivity contribution in [1.82, 2.24) is 0 Å². The summed E-state index contributed by atoms with van der Waals surface area (Å²) < 4.78 is 5.04. The Morgan fingerprint density at radius 1 is 1.16 bits per heavy atom. The van der Waals surface area contributed by atoms with Crippen LogP contribution in [0.1, 0.15) is 48.0 Å². The van der Waals surface area contributed by atoms with Crippen LogP contribution in [0.4, 0.5) is 0 Å². The van der Waals surface area contributed by atoms with Gasteiger partial charge in [0.1, 0.15) is 11.9 Å². The van der Waals surface area contributed by atoms with Gasteiger partial charge in [0.2, 0.25) is 5.78 Å². The number of carbonyl (C=O) groups excluding carboxylic acids is 4. The summed E-state index contributed by atoms with van der Waals surface area (Å²) >= 11 is 0. The Kier molecular flexibility index (Phi) is 5.60. The van der Waals surface area contributed by atoms with Crippen molar-refractivity contribution in [1.29, 1.82) is 0 Å². The first kappa shape index (κ1) is 17.5. The fraction of sp³-hybridized carbons (Fsp3) is 0.714. The van der Waals surface area contributed by atoms with Crippen LogP contribution in [0.2, 0.25) is 0 Å². The van der Waals surface area contributed by atoms with Gasteiger partial charge >= 0.3 is 5.97 Å². The van der Waals surface area contributed by atoms with Crippen molar-refractivity contribution < 1.29 is 23.9 Å². The fourth-order valence-electron chi connectivity index (χ4n) is 1.29. The molecular formula is C14H22O5. The predicted molar refractivity (Wildman–Crippen MR) is 69.5 cm³/mol. The van der Waals surface area contributed by atoms with Crippen LogP contribution in [0.3, 0.4) is 0 Å². The Hall–Kier alpha value is -1.52. The van der Waals surface area contributed by atoms with Crippen molar-refractivity contribution in [3.8, 4) is 0 Å². The van der Waals surface area contributed by atoms with Gasteiger partial charge in [-0.15, -0.1) is 0 Å². The minimum Gasteiger partial charge on any atom is -0.454 e. The largest absolute Gasteiger partial charge is 0.454 e. The highest BCUT2D eigenvalue weighted by molar-refractivity contribution is 6.39. The van der Waals surface area contributed by atoms with Gasteiger partial charge in [0, 0.05) is 0 Å². The standard InChI is InChI=1S/C14H22O5/c1-7-14(5,6)19-12(18)10(16)9(2)11(17)13(3,4)8-15/h8-9H,7H2,1-6H3. The first-order chi connectivity index (χ1) is 8.48. The number of carbonyl (C=O) groups is 4. The quantitative estimate of drug-likeness (QED) is 0.304. The third-order valence-corrected chi connectivity index (χ3v) is 3.14. The molecule has 0 aromatic carbocycles. The highest BCUT2D eigenvalue weighted by Gasteiger charge is 2.38. The second kappa shape index (κ2) is 6.08. The van der Waals surface area contributed by atoms with E-state index in [2.05, 4.69) is 0 Å². The van der Waals surface area contributed by atoms with E-state index in [1.54, 1.807) is 13.8 Å². The zero-order valence-electron chi connectivity index (χ0n) is 12.4. The van der Waals surface area contributed by atoms with Gasteiger partial charge in [0.05, 0.1) is 11.3 Å². The van der Waals surface area contributed by atoms with Gasteiger partial charge in [-0.3, -0.25) is 9.59 Å². The van der Waals surface area contributed by atoms with E-state index >= 15 is 0 Å². The zero-order valence-corrected chi connectivity index (χ0v) is 12.4. The molecule has 0 aliphatic heterocycles. The third kappa shape index (κ3) is 4.58. The highest BCUT2D eigenvalue weighted by Crippen LogP contribution is 2.21. The second-order valence-electron chi connectivity index (χ2n) is 5.79. The molecule has 0 rings (SSSR count). The lowest BCUT2D eigenvalue weighted by molar-refractivity contribution is -0.166. The topological polar surface area (TPSA) is 77.5 Å². The maximum absolute atomic E-state index is 11.9. The van der Waals surface area contributed by atoms with Gasteiger partial charge in [-0.05, 0) is 41.0 Å². The average molecular weight is 270 g/mol. The molecule has 0 spiro atoms. The third-order valence-electron chi connectivity index (χ3n) is 3.14. The van der Waals surface area contributed by atoms with Crippen LogP contribution in [0, 0.1) is 11.3 Å². The van der Waals surface area contributed by atoms with Crippen molar-refractivity contribution in [3.63, 3.8) is 0 Å². The van der Waals surface area contributed by atoms with E-state index in [0.29, 0.717) is 12.7 Å². The van der Waals surface area contributed by atoms with Crippen LogP contribution in [0.25, 0.3) is 0 Å². The maximum atomic E-state index is 11.9. The number of ether oxygens (including phenoxy) is 1.